The number of ether oxygens (including phenoxy) is 4. The Morgan fingerprint density at radius 2 is 0.929 bits per heavy atom. The summed E-state index contributed by atoms with van der Waals surface area (Å²) in [7, 11) is 3.06. The van der Waals surface area contributed by atoms with E-state index in [0.29, 0.717) is 38.9 Å². The van der Waals surface area contributed by atoms with Crippen LogP contribution in [0.15, 0.2) is 66.7 Å². The van der Waals surface area contributed by atoms with Crippen LogP contribution in [0.2, 0.25) is 0 Å². The fourth-order valence-corrected chi connectivity index (χ4v) is 5.76. The van der Waals surface area contributed by atoms with Crippen molar-refractivity contribution in [1.82, 2.24) is 0 Å². The highest BCUT2D eigenvalue weighted by atomic mass is 31.2. The quantitative estimate of drug-likeness (QED) is 0.572. The average Bonchev–Trinajstić information content (AvgIpc) is 2.78. The Labute approximate surface area is 165 Å². The molecule has 0 radical (unpaired) electrons. The third-order valence-electron chi connectivity index (χ3n) is 4.53. The van der Waals surface area contributed by atoms with Gasteiger partial charge in [-0.2, -0.15) is 0 Å². The molecule has 5 nitrogen and oxygen atoms in total. The summed E-state index contributed by atoms with van der Waals surface area (Å²) in [5.74, 6) is 2.41. The highest BCUT2D eigenvalue weighted by Crippen LogP contribution is 2.45. The maximum absolute atomic E-state index is 14.7. The van der Waals surface area contributed by atoms with Crippen LogP contribution in [0.25, 0.3) is 0 Å². The lowest BCUT2D eigenvalue weighted by molar-refractivity contribution is 0.395. The van der Waals surface area contributed by atoms with Crippen molar-refractivity contribution in [1.29, 1.82) is 0 Å². The van der Waals surface area contributed by atoms with Crippen molar-refractivity contribution >= 4 is 23.1 Å². The molecule has 0 aliphatic rings. The van der Waals surface area contributed by atoms with Crippen LogP contribution in [-0.2, 0) is 4.57 Å². The minimum atomic E-state index is -3.26. The molecule has 0 aliphatic heterocycles. The Bertz CT molecular complexity index is 942. The minimum absolute atomic E-state index is 0.570. The SMILES string of the molecule is COc1cccc(P(=O)(c2cccc(OC)c2)c2cc(OC)cc(OC)c2)c1. The molecule has 3 aromatic rings. The highest BCUT2D eigenvalue weighted by Gasteiger charge is 2.31. The lowest BCUT2D eigenvalue weighted by Crippen LogP contribution is -2.25. The number of rotatable bonds is 7. The first-order chi connectivity index (χ1) is 13.5. The number of methoxy groups -OCH3 is 4. The van der Waals surface area contributed by atoms with Crippen LogP contribution in [0, 0.1) is 0 Å². The van der Waals surface area contributed by atoms with Gasteiger partial charge in [0.15, 0.2) is 7.14 Å². The summed E-state index contributed by atoms with van der Waals surface area (Å²) in [6.45, 7) is 0. The normalized spacial score (nSPS) is 11.0. The van der Waals surface area contributed by atoms with Crippen LogP contribution in [0.3, 0.4) is 0 Å². The first-order valence-electron chi connectivity index (χ1n) is 8.68. The van der Waals surface area contributed by atoms with Gasteiger partial charge in [-0.3, -0.25) is 0 Å². The van der Waals surface area contributed by atoms with Crippen molar-refractivity contribution in [3.63, 3.8) is 0 Å². The molecule has 0 saturated heterocycles. The van der Waals surface area contributed by atoms with Crippen molar-refractivity contribution in [3.8, 4) is 23.0 Å². The number of benzene rings is 3. The van der Waals surface area contributed by atoms with Gasteiger partial charge in [-0.15, -0.1) is 0 Å². The molecule has 0 spiro atoms. The Hall–Kier alpha value is -2.91. The Morgan fingerprint density at radius 3 is 1.32 bits per heavy atom. The van der Waals surface area contributed by atoms with E-state index in [-0.39, 0.29) is 0 Å². The summed E-state index contributed by atoms with van der Waals surface area (Å²) in [6, 6.07) is 19.9. The van der Waals surface area contributed by atoms with E-state index >= 15 is 0 Å². The van der Waals surface area contributed by atoms with Gasteiger partial charge in [0.2, 0.25) is 0 Å². The van der Waals surface area contributed by atoms with E-state index in [0.717, 1.165) is 0 Å². The van der Waals surface area contributed by atoms with Gasteiger partial charge in [0.25, 0.3) is 0 Å². The third kappa shape index (κ3) is 3.71. The molecular weight excluding hydrogens is 375 g/mol. The second-order valence-corrected chi connectivity index (χ2v) is 8.85. The molecule has 0 fully saturated rings. The van der Waals surface area contributed by atoms with Crippen LogP contribution < -0.4 is 34.9 Å². The van der Waals surface area contributed by atoms with E-state index in [9.17, 15) is 4.57 Å². The van der Waals surface area contributed by atoms with E-state index in [2.05, 4.69) is 0 Å². The standard InChI is InChI=1S/C22H23O5P/c1-24-16-7-5-9-20(12-16)28(23,21-10-6-8-17(13-21)25-2)22-14-18(26-3)11-19(15-22)27-4/h5-15H,1-4H3. The lowest BCUT2D eigenvalue weighted by Gasteiger charge is -2.22. The maximum atomic E-state index is 14.7. The number of hydrogen-bond donors (Lipinski definition) is 0. The van der Waals surface area contributed by atoms with Gasteiger partial charge >= 0.3 is 0 Å². The zero-order valence-electron chi connectivity index (χ0n) is 16.3. The van der Waals surface area contributed by atoms with Crippen molar-refractivity contribution < 1.29 is 23.5 Å². The molecule has 0 saturated carbocycles. The van der Waals surface area contributed by atoms with Crippen molar-refractivity contribution in [2.45, 2.75) is 0 Å². The van der Waals surface area contributed by atoms with Crippen molar-refractivity contribution in [2.24, 2.45) is 0 Å². The zero-order chi connectivity index (χ0) is 20.1. The van der Waals surface area contributed by atoms with Crippen LogP contribution >= 0.6 is 7.14 Å². The molecule has 3 aromatic carbocycles. The summed E-state index contributed by atoms with van der Waals surface area (Å²) >= 11 is 0. The van der Waals surface area contributed by atoms with Gasteiger partial charge in [0.05, 0.1) is 28.4 Å². The van der Waals surface area contributed by atoms with Crippen molar-refractivity contribution in [2.75, 3.05) is 28.4 Å². The van der Waals surface area contributed by atoms with Crippen LogP contribution in [-0.4, -0.2) is 28.4 Å². The van der Waals surface area contributed by atoms with Gasteiger partial charge in [-0.25, -0.2) is 0 Å². The summed E-state index contributed by atoms with van der Waals surface area (Å²) in [6.07, 6.45) is 0. The van der Waals surface area contributed by atoms with E-state index in [4.69, 9.17) is 18.9 Å². The first-order valence-corrected chi connectivity index (χ1v) is 10.4. The summed E-state index contributed by atoms with van der Waals surface area (Å²) in [4.78, 5) is 0. The first kappa shape index (κ1) is 19.8. The van der Waals surface area contributed by atoms with E-state index in [1.807, 2.05) is 36.4 Å². The van der Waals surface area contributed by atoms with E-state index in [1.54, 1.807) is 58.8 Å². The fourth-order valence-electron chi connectivity index (χ4n) is 3.03. The molecule has 3 rings (SSSR count). The number of hydrogen-bond acceptors (Lipinski definition) is 5. The largest absolute Gasteiger partial charge is 0.497 e. The molecule has 0 aromatic heterocycles. The smallest absolute Gasteiger partial charge is 0.171 e. The molecule has 0 atom stereocenters. The monoisotopic (exact) mass is 398 g/mol. The molecule has 6 heteroatoms. The van der Waals surface area contributed by atoms with E-state index in [1.165, 1.54) is 0 Å². The summed E-state index contributed by atoms with van der Waals surface area (Å²) in [5, 5.41) is 1.90. The second kappa shape index (κ2) is 8.41. The summed E-state index contributed by atoms with van der Waals surface area (Å²) < 4.78 is 36.2. The molecule has 0 amide bonds. The van der Waals surface area contributed by atoms with Crippen molar-refractivity contribution in [3.05, 3.63) is 66.7 Å². The molecule has 28 heavy (non-hydrogen) atoms. The van der Waals surface area contributed by atoms with Gasteiger partial charge in [0, 0.05) is 22.0 Å². The third-order valence-corrected chi connectivity index (χ3v) is 7.53. The zero-order valence-corrected chi connectivity index (χ0v) is 17.2. The molecule has 0 aliphatic carbocycles. The maximum Gasteiger partial charge on any atom is 0.171 e. The Balaban J connectivity index is 2.33. The molecule has 146 valence electrons. The molecule has 0 N–H and O–H groups in total. The van der Waals surface area contributed by atoms with E-state index < -0.39 is 7.14 Å². The highest BCUT2D eigenvalue weighted by molar-refractivity contribution is 7.85. The topological polar surface area (TPSA) is 54.0 Å². The van der Waals surface area contributed by atoms with Gasteiger partial charge in [0.1, 0.15) is 23.0 Å². The molecular formula is C22H23O5P. The Morgan fingerprint density at radius 1 is 0.536 bits per heavy atom. The van der Waals surface area contributed by atoms with Crippen LogP contribution in [0.5, 0.6) is 23.0 Å². The molecule has 0 unspecified atom stereocenters. The minimum Gasteiger partial charge on any atom is -0.497 e. The van der Waals surface area contributed by atoms with Crippen LogP contribution in [0.4, 0.5) is 0 Å². The average molecular weight is 398 g/mol. The second-order valence-electron chi connectivity index (χ2n) is 6.08. The Kier molecular flexibility index (Phi) is 5.96. The lowest BCUT2D eigenvalue weighted by atomic mass is 10.3. The molecule has 0 bridgehead atoms. The fraction of sp³-hybridized carbons (Fsp3) is 0.182. The van der Waals surface area contributed by atoms with Gasteiger partial charge in [-0.1, -0.05) is 24.3 Å². The van der Waals surface area contributed by atoms with Gasteiger partial charge in [-0.05, 0) is 36.4 Å². The van der Waals surface area contributed by atoms with Gasteiger partial charge < -0.3 is 23.5 Å². The predicted octanol–water partition coefficient (Wildman–Crippen LogP) is 3.36. The molecule has 0 heterocycles. The predicted molar refractivity (Wildman–Crippen MR) is 112 cm³/mol. The van der Waals surface area contributed by atoms with Crippen LogP contribution in [0.1, 0.15) is 0 Å². The summed E-state index contributed by atoms with van der Waals surface area (Å²) in [5.41, 5.74) is 0.